The summed E-state index contributed by atoms with van der Waals surface area (Å²) >= 11 is 3.14. The Labute approximate surface area is 154 Å². The van der Waals surface area contributed by atoms with Gasteiger partial charge < -0.3 is 5.32 Å². The van der Waals surface area contributed by atoms with Gasteiger partial charge in [-0.15, -0.1) is 0 Å². The van der Waals surface area contributed by atoms with Crippen molar-refractivity contribution < 1.29 is 13.6 Å². The highest BCUT2D eigenvalue weighted by molar-refractivity contribution is 9.10. The molecule has 4 aliphatic carbocycles. The zero-order valence-corrected chi connectivity index (χ0v) is 16.0. The fourth-order valence-corrected chi connectivity index (χ4v) is 6.28. The third-order valence-electron chi connectivity index (χ3n) is 6.48. The lowest BCUT2D eigenvalue weighted by atomic mass is 9.49. The summed E-state index contributed by atoms with van der Waals surface area (Å²) in [5, 5.41) is 6.95. The first-order valence-corrected chi connectivity index (χ1v) is 9.92. The van der Waals surface area contributed by atoms with Gasteiger partial charge in [0.05, 0.1) is 10.2 Å². The molecule has 4 bridgehead atoms. The molecule has 1 N–H and O–H groups in total. The number of nitrogens with zero attached hydrogens (tertiary/aromatic N) is 2. The number of alkyl halides is 2. The molecule has 0 unspecified atom stereocenters. The predicted octanol–water partition coefficient (Wildman–Crippen LogP) is 4.22. The van der Waals surface area contributed by atoms with Gasteiger partial charge in [-0.05, 0) is 84.5 Å². The van der Waals surface area contributed by atoms with Crippen LogP contribution in [-0.2, 0) is 11.3 Å². The minimum absolute atomic E-state index is 0.0104. The summed E-state index contributed by atoms with van der Waals surface area (Å²) in [4.78, 5) is 12.4. The number of carbonyl (C=O) groups excluding carboxylic acids is 1. The molecule has 0 spiro atoms. The van der Waals surface area contributed by atoms with Crippen molar-refractivity contribution in [2.75, 3.05) is 6.54 Å². The fraction of sp³-hybridized carbons (Fsp3) is 0.778. The van der Waals surface area contributed by atoms with Crippen molar-refractivity contribution in [3.05, 3.63) is 15.9 Å². The second-order valence-corrected chi connectivity index (χ2v) is 9.23. The molecule has 7 heteroatoms. The van der Waals surface area contributed by atoms with Crippen molar-refractivity contribution >= 4 is 21.8 Å². The molecule has 4 saturated carbocycles. The molecular weight excluding hydrogens is 392 g/mol. The molecule has 1 amide bonds. The lowest BCUT2D eigenvalue weighted by Crippen LogP contribution is -2.51. The van der Waals surface area contributed by atoms with Crippen LogP contribution in [0.1, 0.15) is 56.3 Å². The highest BCUT2D eigenvalue weighted by Crippen LogP contribution is 2.59. The lowest BCUT2D eigenvalue weighted by Gasteiger charge is -2.56. The summed E-state index contributed by atoms with van der Waals surface area (Å²) < 4.78 is 27.5. The third-order valence-corrected chi connectivity index (χ3v) is 7.46. The summed E-state index contributed by atoms with van der Waals surface area (Å²) in [6, 6.07) is 0. The highest BCUT2D eigenvalue weighted by atomic mass is 79.9. The monoisotopic (exact) mass is 415 g/mol. The van der Waals surface area contributed by atoms with E-state index in [9.17, 15) is 13.6 Å². The number of carbonyl (C=O) groups is 1. The number of rotatable bonds is 5. The van der Waals surface area contributed by atoms with E-state index >= 15 is 0 Å². The van der Waals surface area contributed by atoms with E-state index in [1.807, 2.05) is 0 Å². The molecule has 138 valence electrons. The van der Waals surface area contributed by atoms with Crippen LogP contribution in [0.3, 0.4) is 0 Å². The Morgan fingerprint density at radius 3 is 2.32 bits per heavy atom. The van der Waals surface area contributed by atoms with Crippen LogP contribution in [-0.4, -0.2) is 22.2 Å². The lowest BCUT2D eigenvalue weighted by molar-refractivity contribution is -0.124. The van der Waals surface area contributed by atoms with E-state index in [1.165, 1.54) is 43.2 Å². The molecule has 0 saturated heterocycles. The molecule has 25 heavy (non-hydrogen) atoms. The second kappa shape index (κ2) is 6.32. The van der Waals surface area contributed by atoms with Crippen LogP contribution >= 0.6 is 15.9 Å². The van der Waals surface area contributed by atoms with E-state index in [0.717, 1.165) is 24.3 Å². The van der Waals surface area contributed by atoms with Gasteiger partial charge in [-0.2, -0.15) is 5.10 Å². The van der Waals surface area contributed by atoms with Crippen LogP contribution in [0.5, 0.6) is 0 Å². The van der Waals surface area contributed by atoms with Crippen molar-refractivity contribution in [2.24, 2.45) is 23.2 Å². The molecule has 1 heterocycles. The topological polar surface area (TPSA) is 46.9 Å². The van der Waals surface area contributed by atoms with Crippen LogP contribution in [0.15, 0.2) is 4.47 Å². The van der Waals surface area contributed by atoms with E-state index in [1.54, 1.807) is 6.92 Å². The van der Waals surface area contributed by atoms with Crippen molar-refractivity contribution in [2.45, 2.75) is 58.4 Å². The number of hydrogen-bond acceptors (Lipinski definition) is 2. The highest BCUT2D eigenvalue weighted by Gasteiger charge is 2.50. The number of halogens is 3. The van der Waals surface area contributed by atoms with E-state index < -0.39 is 6.43 Å². The first-order valence-electron chi connectivity index (χ1n) is 9.13. The quantitative estimate of drug-likeness (QED) is 0.781. The standard InChI is InChI=1S/C18H24BrF2N3O/c1-10-15(19)16(17(20)21)23-24(10)8-14(25)22-9-18-5-11-2-12(6-18)4-13(3-11)7-18/h11-13,17H,2-9H2,1H3,(H,22,25). The van der Waals surface area contributed by atoms with Gasteiger partial charge in [0.25, 0.3) is 6.43 Å². The Balaban J connectivity index is 1.38. The Bertz CT molecular complexity index is 653. The maximum Gasteiger partial charge on any atom is 0.283 e. The maximum atomic E-state index is 12.9. The van der Waals surface area contributed by atoms with Crippen LogP contribution < -0.4 is 5.32 Å². The molecule has 0 aliphatic heterocycles. The van der Waals surface area contributed by atoms with Gasteiger partial charge in [-0.1, -0.05) is 0 Å². The Hall–Kier alpha value is -0.980. The van der Waals surface area contributed by atoms with Crippen molar-refractivity contribution in [3.8, 4) is 0 Å². The van der Waals surface area contributed by atoms with Crippen molar-refractivity contribution in [1.82, 2.24) is 15.1 Å². The normalized spacial score (nSPS) is 33.2. The molecule has 1 aromatic heterocycles. The van der Waals surface area contributed by atoms with Gasteiger partial charge in [0.2, 0.25) is 5.91 Å². The zero-order valence-electron chi connectivity index (χ0n) is 14.4. The molecule has 4 fully saturated rings. The largest absolute Gasteiger partial charge is 0.354 e. The van der Waals surface area contributed by atoms with E-state index in [-0.39, 0.29) is 28.0 Å². The van der Waals surface area contributed by atoms with Crippen molar-refractivity contribution in [1.29, 1.82) is 0 Å². The predicted molar refractivity (Wildman–Crippen MR) is 93.2 cm³/mol. The average Bonchev–Trinajstić information content (AvgIpc) is 2.80. The third kappa shape index (κ3) is 3.24. The van der Waals surface area contributed by atoms with E-state index in [0.29, 0.717) is 5.69 Å². The molecule has 1 aromatic rings. The molecule has 5 rings (SSSR count). The zero-order chi connectivity index (χ0) is 17.8. The van der Waals surface area contributed by atoms with Crippen LogP contribution in [0.25, 0.3) is 0 Å². The Kier molecular flexibility index (Phi) is 4.41. The number of amides is 1. The first-order chi connectivity index (χ1) is 11.8. The smallest absolute Gasteiger partial charge is 0.283 e. The number of aromatic nitrogens is 2. The molecular formula is C18H24BrF2N3O. The van der Waals surface area contributed by atoms with Crippen LogP contribution in [0.4, 0.5) is 8.78 Å². The molecule has 4 nitrogen and oxygen atoms in total. The maximum absolute atomic E-state index is 12.9. The SMILES string of the molecule is Cc1c(Br)c(C(F)F)nn1CC(=O)NCC12CC3CC(CC(C3)C1)C2. The summed E-state index contributed by atoms with van der Waals surface area (Å²) in [7, 11) is 0. The van der Waals surface area contributed by atoms with Gasteiger partial charge >= 0.3 is 0 Å². The van der Waals surface area contributed by atoms with Crippen molar-refractivity contribution in [3.63, 3.8) is 0 Å². The Morgan fingerprint density at radius 2 is 1.84 bits per heavy atom. The number of hydrogen-bond donors (Lipinski definition) is 1. The molecule has 4 aliphatic rings. The minimum atomic E-state index is -2.65. The second-order valence-electron chi connectivity index (χ2n) is 8.44. The van der Waals surface area contributed by atoms with Gasteiger partial charge in [-0.25, -0.2) is 8.78 Å². The first kappa shape index (κ1) is 17.4. The number of nitrogens with one attached hydrogen (secondary N) is 1. The van der Waals surface area contributed by atoms with E-state index in [2.05, 4.69) is 26.3 Å². The van der Waals surface area contributed by atoms with Gasteiger partial charge in [0, 0.05) is 6.54 Å². The van der Waals surface area contributed by atoms with Crippen LogP contribution in [0.2, 0.25) is 0 Å². The van der Waals surface area contributed by atoms with E-state index in [4.69, 9.17) is 0 Å². The average molecular weight is 416 g/mol. The fourth-order valence-electron chi connectivity index (χ4n) is 5.83. The molecule has 0 aromatic carbocycles. The summed E-state index contributed by atoms with van der Waals surface area (Å²) in [6.07, 6.45) is 5.20. The molecule has 0 atom stereocenters. The van der Waals surface area contributed by atoms with Gasteiger partial charge in [-0.3, -0.25) is 9.48 Å². The Morgan fingerprint density at radius 1 is 1.28 bits per heavy atom. The van der Waals surface area contributed by atoms with Gasteiger partial charge in [0.1, 0.15) is 12.2 Å². The minimum Gasteiger partial charge on any atom is -0.354 e. The van der Waals surface area contributed by atoms with Gasteiger partial charge in [0.15, 0.2) is 0 Å². The van der Waals surface area contributed by atoms with Crippen LogP contribution in [0, 0.1) is 30.1 Å². The summed E-state index contributed by atoms with van der Waals surface area (Å²) in [6.45, 7) is 2.40. The summed E-state index contributed by atoms with van der Waals surface area (Å²) in [5.41, 5.74) is 0.532. The summed E-state index contributed by atoms with van der Waals surface area (Å²) in [5.74, 6) is 2.40. The molecule has 0 radical (unpaired) electrons.